The van der Waals surface area contributed by atoms with Crippen molar-refractivity contribution >= 4 is 33.1 Å². The zero-order valence-corrected chi connectivity index (χ0v) is 13.3. The fraction of sp³-hybridized carbons (Fsp3) is 0.250. The Bertz CT molecular complexity index is 858. The molecule has 0 saturated heterocycles. The van der Waals surface area contributed by atoms with Gasteiger partial charge < -0.3 is 5.11 Å². The van der Waals surface area contributed by atoms with Gasteiger partial charge in [0.05, 0.1) is 4.90 Å². The molecule has 2 heterocycles. The third kappa shape index (κ3) is 3.10. The van der Waals surface area contributed by atoms with E-state index in [4.69, 9.17) is 10.4 Å². The highest BCUT2D eigenvalue weighted by Gasteiger charge is 2.22. The normalized spacial score (nSPS) is 11.4. The van der Waals surface area contributed by atoms with E-state index in [0.29, 0.717) is 0 Å². The summed E-state index contributed by atoms with van der Waals surface area (Å²) in [5.74, 6) is -1.28. The number of anilines is 1. The van der Waals surface area contributed by atoms with Crippen molar-refractivity contribution in [3.05, 3.63) is 28.1 Å². The van der Waals surface area contributed by atoms with E-state index < -0.39 is 16.0 Å². The zero-order valence-electron chi connectivity index (χ0n) is 11.6. The van der Waals surface area contributed by atoms with Crippen LogP contribution in [0.3, 0.4) is 0 Å². The topological polar surface area (TPSA) is 125 Å². The Balaban J connectivity index is 2.36. The number of nitriles is 1. The van der Waals surface area contributed by atoms with Crippen LogP contribution in [-0.2, 0) is 10.0 Å². The lowest BCUT2D eigenvalue weighted by Gasteiger charge is -2.05. The molecule has 0 aliphatic heterocycles. The number of thiophene rings is 1. The molecule has 0 fully saturated rings. The van der Waals surface area contributed by atoms with E-state index in [1.54, 1.807) is 0 Å². The number of nitrogens with one attached hydrogen (secondary N) is 1. The molecule has 0 aliphatic carbocycles. The van der Waals surface area contributed by atoms with Gasteiger partial charge in [0.15, 0.2) is 5.82 Å². The third-order valence-electron chi connectivity index (χ3n) is 2.71. The van der Waals surface area contributed by atoms with E-state index in [2.05, 4.69) is 9.82 Å². The van der Waals surface area contributed by atoms with E-state index in [0.717, 1.165) is 17.4 Å². The lowest BCUT2D eigenvalue weighted by molar-refractivity contribution is 0.0702. The van der Waals surface area contributed by atoms with Crippen molar-refractivity contribution in [1.82, 2.24) is 9.78 Å². The van der Waals surface area contributed by atoms with Crippen LogP contribution in [0.15, 0.2) is 22.5 Å². The van der Waals surface area contributed by atoms with Crippen LogP contribution in [0.2, 0.25) is 0 Å². The molecule has 0 aliphatic rings. The predicted octanol–water partition coefficient (Wildman–Crippen LogP) is 1.90. The molecule has 10 heteroatoms. The number of carboxylic acids is 1. The number of hydrogen-bond acceptors (Lipinski definition) is 6. The summed E-state index contributed by atoms with van der Waals surface area (Å²) in [6, 6.07) is 2.89. The Labute approximate surface area is 130 Å². The van der Waals surface area contributed by atoms with Crippen LogP contribution in [-0.4, -0.2) is 29.3 Å². The van der Waals surface area contributed by atoms with Crippen molar-refractivity contribution in [3.8, 4) is 6.07 Å². The highest BCUT2D eigenvalue weighted by Crippen LogP contribution is 2.23. The molecule has 0 radical (unpaired) electrons. The van der Waals surface area contributed by atoms with Gasteiger partial charge >= 0.3 is 5.97 Å². The molecule has 0 atom stereocenters. The molecule has 0 unspecified atom stereocenters. The third-order valence-corrected chi connectivity index (χ3v) is 5.09. The molecule has 0 aromatic carbocycles. The molecular weight excluding hydrogens is 328 g/mol. The van der Waals surface area contributed by atoms with Gasteiger partial charge in [-0.25, -0.2) is 13.2 Å². The summed E-state index contributed by atoms with van der Waals surface area (Å²) < 4.78 is 28.1. The number of carboxylic acid groups (broad SMARTS) is 1. The van der Waals surface area contributed by atoms with Gasteiger partial charge in [-0.1, -0.05) is 0 Å². The van der Waals surface area contributed by atoms with Crippen LogP contribution in [0.4, 0.5) is 5.82 Å². The van der Waals surface area contributed by atoms with Crippen LogP contribution < -0.4 is 4.72 Å². The number of hydrogen-bond donors (Lipinski definition) is 2. The average molecular weight is 340 g/mol. The van der Waals surface area contributed by atoms with E-state index in [1.165, 1.54) is 16.3 Å². The van der Waals surface area contributed by atoms with Gasteiger partial charge in [0.2, 0.25) is 0 Å². The molecule has 2 N–H and O–H groups in total. The summed E-state index contributed by atoms with van der Waals surface area (Å²) in [6.07, 6.45) is 1.44. The minimum Gasteiger partial charge on any atom is -0.477 e. The molecule has 22 heavy (non-hydrogen) atoms. The van der Waals surface area contributed by atoms with Gasteiger partial charge in [-0.2, -0.15) is 10.4 Å². The van der Waals surface area contributed by atoms with Gasteiger partial charge in [0.25, 0.3) is 10.0 Å². The Hall–Kier alpha value is -2.38. The summed E-state index contributed by atoms with van der Waals surface area (Å²) in [5.41, 5.74) is 0.0889. The number of aromatic nitrogens is 2. The molecule has 2 aromatic heterocycles. The lowest BCUT2D eigenvalue weighted by atomic mass is 10.3. The molecule has 0 saturated carbocycles. The highest BCUT2D eigenvalue weighted by molar-refractivity contribution is 7.92. The molecule has 0 amide bonds. The molecule has 116 valence electrons. The first-order chi connectivity index (χ1) is 10.2. The number of rotatable bonds is 5. The van der Waals surface area contributed by atoms with E-state index in [-0.39, 0.29) is 27.2 Å². The second-order valence-corrected chi connectivity index (χ2v) is 7.23. The highest BCUT2D eigenvalue weighted by atomic mass is 32.2. The summed E-state index contributed by atoms with van der Waals surface area (Å²) in [7, 11) is -4.00. The maximum absolute atomic E-state index is 12.2. The zero-order chi connectivity index (χ0) is 16.5. The summed E-state index contributed by atoms with van der Waals surface area (Å²) in [5, 5.41) is 23.1. The Morgan fingerprint density at radius 3 is 2.73 bits per heavy atom. The molecule has 0 spiro atoms. The molecule has 2 aromatic rings. The van der Waals surface area contributed by atoms with Crippen LogP contribution in [0.1, 0.15) is 35.1 Å². The summed E-state index contributed by atoms with van der Waals surface area (Å²) in [6.45, 7) is 3.68. The second kappa shape index (κ2) is 5.78. The first-order valence-corrected chi connectivity index (χ1v) is 8.44. The first-order valence-electron chi connectivity index (χ1n) is 6.08. The van der Waals surface area contributed by atoms with Crippen LogP contribution in [0.5, 0.6) is 0 Å². The number of sulfonamides is 1. The van der Waals surface area contributed by atoms with Crippen LogP contribution in [0, 0.1) is 11.3 Å². The van der Waals surface area contributed by atoms with Crippen molar-refractivity contribution < 1.29 is 18.3 Å². The smallest absolute Gasteiger partial charge is 0.345 e. The maximum atomic E-state index is 12.2. The molecule has 0 bridgehead atoms. The van der Waals surface area contributed by atoms with Gasteiger partial charge in [-0.15, -0.1) is 11.3 Å². The number of nitrogens with zero attached hydrogens (tertiary/aromatic N) is 3. The Morgan fingerprint density at radius 1 is 1.55 bits per heavy atom. The minimum absolute atomic E-state index is 0.0369. The van der Waals surface area contributed by atoms with E-state index in [9.17, 15) is 13.2 Å². The minimum atomic E-state index is -4.00. The Morgan fingerprint density at radius 2 is 2.23 bits per heavy atom. The SMILES string of the molecule is CC(C)n1cc(C#N)c(NS(=O)(=O)c2csc(C(=O)O)c2)n1. The van der Waals surface area contributed by atoms with Crippen molar-refractivity contribution in [3.63, 3.8) is 0 Å². The Kier molecular flexibility index (Phi) is 4.20. The van der Waals surface area contributed by atoms with Crippen LogP contribution in [0.25, 0.3) is 0 Å². The fourth-order valence-electron chi connectivity index (χ4n) is 1.57. The maximum Gasteiger partial charge on any atom is 0.345 e. The van der Waals surface area contributed by atoms with Crippen molar-refractivity contribution in [2.45, 2.75) is 24.8 Å². The molecule has 2 rings (SSSR count). The standard InChI is InChI=1S/C12H12N4O4S2/c1-7(2)16-5-8(4-13)11(14-16)15-22(19,20)9-3-10(12(17)18)21-6-9/h3,5-7H,1-2H3,(H,14,15)(H,17,18). The van der Waals surface area contributed by atoms with Crippen molar-refractivity contribution in [2.24, 2.45) is 0 Å². The van der Waals surface area contributed by atoms with Gasteiger partial charge in [-0.05, 0) is 19.9 Å². The average Bonchev–Trinajstić information content (AvgIpc) is 3.04. The summed E-state index contributed by atoms with van der Waals surface area (Å²) in [4.78, 5) is 10.5. The summed E-state index contributed by atoms with van der Waals surface area (Å²) >= 11 is 0.806. The largest absolute Gasteiger partial charge is 0.477 e. The molecular formula is C12H12N4O4S2. The monoisotopic (exact) mass is 340 g/mol. The van der Waals surface area contributed by atoms with Crippen LogP contribution >= 0.6 is 11.3 Å². The first kappa shape index (κ1) is 16.0. The predicted molar refractivity (Wildman–Crippen MR) is 79.4 cm³/mol. The lowest BCUT2D eigenvalue weighted by Crippen LogP contribution is -2.14. The van der Waals surface area contributed by atoms with Crippen molar-refractivity contribution in [1.29, 1.82) is 5.26 Å². The molecule has 8 nitrogen and oxygen atoms in total. The van der Waals surface area contributed by atoms with E-state index in [1.807, 2.05) is 19.9 Å². The second-order valence-electron chi connectivity index (χ2n) is 4.63. The quantitative estimate of drug-likeness (QED) is 0.856. The van der Waals surface area contributed by atoms with Gasteiger partial charge in [0, 0.05) is 17.6 Å². The van der Waals surface area contributed by atoms with Gasteiger partial charge in [-0.3, -0.25) is 9.40 Å². The van der Waals surface area contributed by atoms with Gasteiger partial charge in [0.1, 0.15) is 16.5 Å². The van der Waals surface area contributed by atoms with Crippen molar-refractivity contribution in [2.75, 3.05) is 4.72 Å². The van der Waals surface area contributed by atoms with E-state index >= 15 is 0 Å². The fourth-order valence-corrected chi connectivity index (χ4v) is 3.70. The number of aromatic carboxylic acids is 1. The number of carbonyl (C=O) groups is 1.